The van der Waals surface area contributed by atoms with Crippen molar-refractivity contribution in [2.75, 3.05) is 5.32 Å². The van der Waals surface area contributed by atoms with Gasteiger partial charge in [-0.05, 0) is 38.5 Å². The Morgan fingerprint density at radius 1 is 0.905 bits per heavy atom. The molecule has 0 aliphatic carbocycles. The lowest BCUT2D eigenvalue weighted by Gasteiger charge is -2.24. The number of ether oxygens (including phenoxy) is 1. The van der Waals surface area contributed by atoms with Crippen molar-refractivity contribution >= 4 is 39.2 Å². The molecule has 0 fully saturated rings. The molecule has 4 aromatic heterocycles. The summed E-state index contributed by atoms with van der Waals surface area (Å²) in [4.78, 5) is 47.3. The molecule has 0 saturated carbocycles. The van der Waals surface area contributed by atoms with Crippen LogP contribution in [-0.4, -0.2) is 35.6 Å². The Morgan fingerprint density at radius 3 is 2.40 bits per heavy atom. The van der Waals surface area contributed by atoms with Crippen molar-refractivity contribution in [2.45, 2.75) is 32.9 Å². The molecule has 2 aromatic carbocycles. The highest BCUT2D eigenvalue weighted by Crippen LogP contribution is 2.36. The zero-order valence-electron chi connectivity index (χ0n) is 23.0. The van der Waals surface area contributed by atoms with E-state index >= 15 is 0 Å². The molecule has 6 rings (SSSR count). The molecule has 0 bridgehead atoms. The number of hydrogen-bond acceptors (Lipinski definition) is 8. The normalized spacial score (nSPS) is 12.1. The fourth-order valence-electron chi connectivity index (χ4n) is 5.00. The van der Waals surface area contributed by atoms with Gasteiger partial charge in [0.15, 0.2) is 5.43 Å². The van der Waals surface area contributed by atoms with E-state index in [0.29, 0.717) is 55.2 Å². The number of rotatable bonds is 7. The average molecular weight is 580 g/mol. The van der Waals surface area contributed by atoms with Crippen LogP contribution < -0.4 is 21.0 Å². The van der Waals surface area contributed by atoms with Crippen molar-refractivity contribution < 1.29 is 4.74 Å². The van der Waals surface area contributed by atoms with Crippen molar-refractivity contribution in [3.63, 3.8) is 0 Å². The second-order valence-electron chi connectivity index (χ2n) is 9.98. The third kappa shape index (κ3) is 4.86. The summed E-state index contributed by atoms with van der Waals surface area (Å²) >= 11 is 7.17. The highest BCUT2D eigenvalue weighted by Gasteiger charge is 2.24. The van der Waals surface area contributed by atoms with Crippen LogP contribution in [0.4, 0.5) is 5.82 Å². The monoisotopic (exact) mass is 579 g/mol. The number of fused-ring (bicyclic) bond motifs is 2. The summed E-state index contributed by atoms with van der Waals surface area (Å²) in [6.07, 6.45) is 6.10. The summed E-state index contributed by atoms with van der Waals surface area (Å²) in [5.41, 5.74) is 2.32. The summed E-state index contributed by atoms with van der Waals surface area (Å²) in [7, 11) is 0. The third-order valence-corrected chi connectivity index (χ3v) is 7.19. The highest BCUT2D eigenvalue weighted by molar-refractivity contribution is 6.36. The Morgan fingerprint density at radius 2 is 1.67 bits per heavy atom. The van der Waals surface area contributed by atoms with Gasteiger partial charge in [0.05, 0.1) is 28.2 Å². The standard InChI is InChI=1S/C31H26ClN7O3/c1-17(2)42-31-34-14-19(15-35-31)21-10-7-11-22-24(21)30(41)39(20-8-5-4-6-9-20)27(26(22)32)18(3)38-29-25-23(40)12-13-33-28(25)36-16-37-29/h4-18H,1-3H3,(H2,33,36,37,38,40)/t18-/m0/s1. The number of benzene rings is 2. The van der Waals surface area contributed by atoms with Gasteiger partial charge in [0.1, 0.15) is 23.2 Å². The first-order chi connectivity index (χ1) is 20.3. The maximum absolute atomic E-state index is 14.5. The van der Waals surface area contributed by atoms with Crippen molar-refractivity contribution in [3.05, 3.63) is 111 Å². The molecule has 10 nitrogen and oxygen atoms in total. The molecule has 42 heavy (non-hydrogen) atoms. The molecule has 0 radical (unpaired) electrons. The smallest absolute Gasteiger partial charge is 0.316 e. The predicted molar refractivity (Wildman–Crippen MR) is 164 cm³/mol. The third-order valence-electron chi connectivity index (χ3n) is 6.79. The first-order valence-corrected chi connectivity index (χ1v) is 13.7. The van der Waals surface area contributed by atoms with Crippen LogP contribution in [0.25, 0.3) is 38.6 Å². The quantitative estimate of drug-likeness (QED) is 0.247. The Balaban J connectivity index is 1.56. The first kappa shape index (κ1) is 27.1. The maximum Gasteiger partial charge on any atom is 0.316 e. The summed E-state index contributed by atoms with van der Waals surface area (Å²) in [5.74, 6) is 0.326. The number of hydrogen-bond donors (Lipinski definition) is 2. The zero-order chi connectivity index (χ0) is 29.4. The largest absolute Gasteiger partial charge is 0.461 e. The number of aromatic amines is 1. The molecular formula is C31H26ClN7O3. The van der Waals surface area contributed by atoms with E-state index in [1.54, 1.807) is 17.0 Å². The Kier molecular flexibility index (Phi) is 7.13. The van der Waals surface area contributed by atoms with E-state index in [-0.39, 0.29) is 23.1 Å². The predicted octanol–water partition coefficient (Wildman–Crippen LogP) is 5.69. The van der Waals surface area contributed by atoms with Crippen LogP contribution in [0, 0.1) is 0 Å². The number of H-pyrrole nitrogens is 1. The van der Waals surface area contributed by atoms with Crippen molar-refractivity contribution in [3.8, 4) is 22.8 Å². The van der Waals surface area contributed by atoms with E-state index in [2.05, 4.69) is 30.2 Å². The molecular weight excluding hydrogens is 554 g/mol. The lowest BCUT2D eigenvalue weighted by atomic mass is 9.99. The fourth-order valence-corrected chi connectivity index (χ4v) is 5.40. The summed E-state index contributed by atoms with van der Waals surface area (Å²) in [6, 6.07) is 15.9. The molecule has 0 saturated heterocycles. The van der Waals surface area contributed by atoms with E-state index in [1.165, 1.54) is 18.6 Å². The van der Waals surface area contributed by atoms with Crippen LogP contribution in [0.3, 0.4) is 0 Å². The fraction of sp³-hybridized carbons (Fsp3) is 0.161. The number of nitrogens with zero attached hydrogens (tertiary/aromatic N) is 5. The number of anilines is 1. The summed E-state index contributed by atoms with van der Waals surface area (Å²) in [6.45, 7) is 5.66. The van der Waals surface area contributed by atoms with E-state index in [9.17, 15) is 9.59 Å². The van der Waals surface area contributed by atoms with E-state index in [0.717, 1.165) is 0 Å². The van der Waals surface area contributed by atoms with E-state index in [4.69, 9.17) is 16.3 Å². The van der Waals surface area contributed by atoms with Gasteiger partial charge in [-0.15, -0.1) is 0 Å². The van der Waals surface area contributed by atoms with Gasteiger partial charge in [-0.25, -0.2) is 19.9 Å². The molecule has 1 atom stereocenters. The molecule has 0 aliphatic rings. The lowest BCUT2D eigenvalue weighted by Crippen LogP contribution is -2.27. The van der Waals surface area contributed by atoms with Crippen LogP contribution in [0.1, 0.15) is 32.5 Å². The molecule has 11 heteroatoms. The topological polar surface area (TPSA) is 128 Å². The molecule has 0 spiro atoms. The molecule has 210 valence electrons. The SMILES string of the molecule is CC(C)Oc1ncc(-c2cccc3c(Cl)c([C@H](C)Nc4ncnc5[nH]ccc(=O)c45)n(-c4ccccc4)c(=O)c23)cn1. The van der Waals surface area contributed by atoms with E-state index < -0.39 is 6.04 Å². The van der Waals surface area contributed by atoms with Gasteiger partial charge in [-0.2, -0.15) is 0 Å². The molecule has 6 aromatic rings. The molecule has 4 heterocycles. The first-order valence-electron chi connectivity index (χ1n) is 13.3. The van der Waals surface area contributed by atoms with Crippen molar-refractivity contribution in [1.29, 1.82) is 0 Å². The van der Waals surface area contributed by atoms with Gasteiger partial charge >= 0.3 is 6.01 Å². The van der Waals surface area contributed by atoms with Gasteiger partial charge in [0.25, 0.3) is 5.56 Å². The maximum atomic E-state index is 14.5. The minimum absolute atomic E-state index is 0.0713. The number of pyridine rings is 2. The van der Waals surface area contributed by atoms with Gasteiger partial charge in [0.2, 0.25) is 0 Å². The second kappa shape index (κ2) is 11.1. The number of para-hydroxylation sites is 1. The Labute approximate surface area is 245 Å². The average Bonchev–Trinajstić information content (AvgIpc) is 2.99. The van der Waals surface area contributed by atoms with Crippen LogP contribution in [0.15, 0.2) is 89.1 Å². The van der Waals surface area contributed by atoms with Crippen LogP contribution in [-0.2, 0) is 0 Å². The molecule has 2 N–H and O–H groups in total. The summed E-state index contributed by atoms with van der Waals surface area (Å²) in [5, 5.41) is 4.99. The van der Waals surface area contributed by atoms with Gasteiger partial charge in [-0.1, -0.05) is 48.0 Å². The number of aromatic nitrogens is 6. The lowest BCUT2D eigenvalue weighted by molar-refractivity contribution is 0.222. The van der Waals surface area contributed by atoms with E-state index in [1.807, 2.05) is 69.3 Å². The highest BCUT2D eigenvalue weighted by atomic mass is 35.5. The van der Waals surface area contributed by atoms with Gasteiger partial charge in [-0.3, -0.25) is 14.2 Å². The molecule has 0 amide bonds. The number of halogens is 1. The van der Waals surface area contributed by atoms with Crippen LogP contribution in [0.5, 0.6) is 6.01 Å². The second-order valence-corrected chi connectivity index (χ2v) is 10.4. The van der Waals surface area contributed by atoms with Crippen molar-refractivity contribution in [1.82, 2.24) is 29.5 Å². The number of nitrogens with one attached hydrogen (secondary N) is 2. The summed E-state index contributed by atoms with van der Waals surface area (Å²) < 4.78 is 7.18. The minimum Gasteiger partial charge on any atom is -0.461 e. The zero-order valence-corrected chi connectivity index (χ0v) is 23.8. The molecule has 0 aliphatic heterocycles. The van der Waals surface area contributed by atoms with Crippen LogP contribution >= 0.6 is 11.6 Å². The van der Waals surface area contributed by atoms with Crippen molar-refractivity contribution in [2.24, 2.45) is 0 Å². The Bertz CT molecular complexity index is 2040. The Hall–Kier alpha value is -5.09. The van der Waals surface area contributed by atoms with Crippen LogP contribution in [0.2, 0.25) is 5.02 Å². The minimum atomic E-state index is -0.549. The van der Waals surface area contributed by atoms with Gasteiger partial charge < -0.3 is 15.0 Å². The van der Waals surface area contributed by atoms with Gasteiger partial charge in [0, 0.05) is 41.3 Å². The molecule has 0 unspecified atom stereocenters.